The molecule has 44 heavy (non-hydrogen) atoms. The van der Waals surface area contributed by atoms with Crippen LogP contribution in [0.15, 0.2) is 152 Å². The summed E-state index contributed by atoms with van der Waals surface area (Å²) in [5.41, 5.74) is 9.73. The van der Waals surface area contributed by atoms with Crippen molar-refractivity contribution in [3.05, 3.63) is 185 Å². The Kier molecular flexibility index (Phi) is 7.28. The van der Waals surface area contributed by atoms with Gasteiger partial charge in [0.1, 0.15) is 0 Å². The first-order chi connectivity index (χ1) is 21.8. The number of rotatable bonds is 4. The third-order valence-electron chi connectivity index (χ3n) is 7.92. The van der Waals surface area contributed by atoms with Crippen molar-refractivity contribution in [1.82, 2.24) is 0 Å². The highest BCUT2D eigenvalue weighted by atomic mass is 14.6. The molecule has 0 unspecified atom stereocenters. The van der Waals surface area contributed by atoms with Crippen molar-refractivity contribution in [2.24, 2.45) is 0 Å². The highest BCUT2D eigenvalue weighted by molar-refractivity contribution is 6.21. The van der Waals surface area contributed by atoms with Gasteiger partial charge in [0.2, 0.25) is 0 Å². The summed E-state index contributed by atoms with van der Waals surface area (Å²) in [4.78, 5) is 3.47. The standard InChI is InChI=1S/C43H27N/c1-44-37-29-23-34(24-30-37)18-17-33-21-27-36(28-22-33)43-40-13-7-5-11-38(40)42(39-12-6-8-14-41(39)43)35-25-19-32(20-26-35)16-15-31-9-3-2-4-10-31/h2-14,17-30H/b18-17+. The first-order valence-electron chi connectivity index (χ1n) is 14.6. The maximum Gasteiger partial charge on any atom is 0.187 e. The molecule has 0 fully saturated rings. The average molecular weight is 558 g/mol. The van der Waals surface area contributed by atoms with Gasteiger partial charge in [0.25, 0.3) is 0 Å². The second kappa shape index (κ2) is 12.0. The lowest BCUT2D eigenvalue weighted by atomic mass is 9.85. The molecule has 7 aromatic carbocycles. The molecule has 204 valence electrons. The molecular weight excluding hydrogens is 530 g/mol. The van der Waals surface area contributed by atoms with Crippen molar-refractivity contribution in [2.45, 2.75) is 0 Å². The lowest BCUT2D eigenvalue weighted by molar-refractivity contribution is 1.61. The van der Waals surface area contributed by atoms with Gasteiger partial charge in [-0.15, -0.1) is 0 Å². The van der Waals surface area contributed by atoms with Gasteiger partial charge < -0.3 is 0 Å². The Morgan fingerprint density at radius 3 is 1.25 bits per heavy atom. The smallest absolute Gasteiger partial charge is 0.187 e. The molecule has 0 bridgehead atoms. The quantitative estimate of drug-likeness (QED) is 0.0877. The van der Waals surface area contributed by atoms with Crippen molar-refractivity contribution in [3.63, 3.8) is 0 Å². The first kappa shape index (κ1) is 26.7. The van der Waals surface area contributed by atoms with Crippen molar-refractivity contribution in [3.8, 4) is 34.1 Å². The molecule has 0 spiro atoms. The molecule has 0 saturated heterocycles. The van der Waals surface area contributed by atoms with Crippen molar-refractivity contribution in [2.75, 3.05) is 0 Å². The maximum absolute atomic E-state index is 7.15. The van der Waals surface area contributed by atoms with E-state index >= 15 is 0 Å². The highest BCUT2D eigenvalue weighted by Gasteiger charge is 2.16. The van der Waals surface area contributed by atoms with Gasteiger partial charge in [-0.2, -0.15) is 0 Å². The van der Waals surface area contributed by atoms with Crippen LogP contribution >= 0.6 is 0 Å². The minimum Gasteiger partial charge on any atom is -0.238 e. The Hall–Kier alpha value is -6.15. The van der Waals surface area contributed by atoms with E-state index in [0.717, 1.165) is 22.3 Å². The van der Waals surface area contributed by atoms with Crippen LogP contribution in [0.3, 0.4) is 0 Å². The van der Waals surface area contributed by atoms with Crippen LogP contribution in [0.1, 0.15) is 22.3 Å². The van der Waals surface area contributed by atoms with E-state index < -0.39 is 0 Å². The fourth-order valence-electron chi connectivity index (χ4n) is 5.75. The van der Waals surface area contributed by atoms with E-state index in [2.05, 4.69) is 126 Å². The Morgan fingerprint density at radius 1 is 0.409 bits per heavy atom. The summed E-state index contributed by atoms with van der Waals surface area (Å²) >= 11 is 0. The molecule has 0 aromatic heterocycles. The Balaban J connectivity index is 1.28. The van der Waals surface area contributed by atoms with E-state index in [1.165, 1.54) is 43.8 Å². The number of nitrogens with zero attached hydrogens (tertiary/aromatic N) is 1. The first-order valence-corrected chi connectivity index (χ1v) is 14.6. The average Bonchev–Trinajstić information content (AvgIpc) is 3.10. The molecule has 0 N–H and O–H groups in total. The van der Waals surface area contributed by atoms with Crippen LogP contribution in [-0.4, -0.2) is 0 Å². The van der Waals surface area contributed by atoms with Crippen LogP contribution in [0.2, 0.25) is 0 Å². The Bertz CT molecular complexity index is 2180. The molecule has 0 aliphatic carbocycles. The summed E-state index contributed by atoms with van der Waals surface area (Å²) in [6, 6.07) is 52.6. The molecule has 0 amide bonds. The van der Waals surface area contributed by atoms with Crippen LogP contribution in [0.4, 0.5) is 5.69 Å². The van der Waals surface area contributed by atoms with Crippen LogP contribution in [0.5, 0.6) is 0 Å². The van der Waals surface area contributed by atoms with E-state index in [0.29, 0.717) is 5.69 Å². The summed E-state index contributed by atoms with van der Waals surface area (Å²) in [6.45, 7) is 7.15. The fraction of sp³-hybridized carbons (Fsp3) is 0. The summed E-state index contributed by atoms with van der Waals surface area (Å²) in [5, 5.41) is 4.93. The van der Waals surface area contributed by atoms with E-state index in [1.807, 2.05) is 54.6 Å². The third-order valence-corrected chi connectivity index (χ3v) is 7.92. The molecule has 0 heterocycles. The van der Waals surface area contributed by atoms with E-state index in [9.17, 15) is 0 Å². The third kappa shape index (κ3) is 5.39. The zero-order valence-corrected chi connectivity index (χ0v) is 24.0. The summed E-state index contributed by atoms with van der Waals surface area (Å²) < 4.78 is 0. The molecule has 0 saturated carbocycles. The van der Waals surface area contributed by atoms with Crippen LogP contribution in [0, 0.1) is 18.4 Å². The van der Waals surface area contributed by atoms with Gasteiger partial charge in [0.15, 0.2) is 5.69 Å². The number of benzene rings is 7. The van der Waals surface area contributed by atoms with Gasteiger partial charge in [0, 0.05) is 11.1 Å². The predicted molar refractivity (Wildman–Crippen MR) is 186 cm³/mol. The van der Waals surface area contributed by atoms with Crippen molar-refractivity contribution in [1.29, 1.82) is 0 Å². The van der Waals surface area contributed by atoms with Gasteiger partial charge in [-0.3, -0.25) is 0 Å². The monoisotopic (exact) mass is 557 g/mol. The highest BCUT2D eigenvalue weighted by Crippen LogP contribution is 2.43. The molecule has 1 heteroatoms. The largest absolute Gasteiger partial charge is 0.238 e. The van der Waals surface area contributed by atoms with Crippen LogP contribution in [-0.2, 0) is 0 Å². The molecule has 0 aliphatic rings. The van der Waals surface area contributed by atoms with Crippen LogP contribution < -0.4 is 0 Å². The van der Waals surface area contributed by atoms with Crippen molar-refractivity contribution < 1.29 is 0 Å². The molecule has 1 nitrogen and oxygen atoms in total. The fourth-order valence-corrected chi connectivity index (χ4v) is 5.75. The van der Waals surface area contributed by atoms with E-state index in [4.69, 9.17) is 6.57 Å². The van der Waals surface area contributed by atoms with Gasteiger partial charge in [0.05, 0.1) is 6.57 Å². The van der Waals surface area contributed by atoms with Gasteiger partial charge in [-0.05, 0) is 79.2 Å². The van der Waals surface area contributed by atoms with Gasteiger partial charge >= 0.3 is 0 Å². The predicted octanol–water partition coefficient (Wildman–Crippen LogP) is 11.4. The van der Waals surface area contributed by atoms with Gasteiger partial charge in [-0.25, -0.2) is 4.85 Å². The van der Waals surface area contributed by atoms with Gasteiger partial charge in [-0.1, -0.05) is 151 Å². The van der Waals surface area contributed by atoms with E-state index in [1.54, 1.807) is 0 Å². The minimum absolute atomic E-state index is 0.655. The number of hydrogen-bond acceptors (Lipinski definition) is 0. The summed E-state index contributed by atoms with van der Waals surface area (Å²) in [6.07, 6.45) is 4.20. The zero-order valence-electron chi connectivity index (χ0n) is 24.0. The molecule has 0 aliphatic heterocycles. The number of hydrogen-bond donors (Lipinski definition) is 0. The summed E-state index contributed by atoms with van der Waals surface area (Å²) in [5.74, 6) is 6.57. The normalized spacial score (nSPS) is 10.9. The SMILES string of the molecule is [C-]#[N+]c1ccc(/C=C/c2ccc(-c3c4ccccc4c(-c4ccc(C#Cc5ccccc5)cc4)c4ccccc34)cc2)cc1. The molecule has 0 atom stereocenters. The molecule has 7 aromatic rings. The van der Waals surface area contributed by atoms with Crippen molar-refractivity contribution >= 4 is 39.4 Å². The number of fused-ring (bicyclic) bond motifs is 2. The molecule has 0 radical (unpaired) electrons. The maximum atomic E-state index is 7.15. The molecule has 7 rings (SSSR count). The topological polar surface area (TPSA) is 4.36 Å². The summed E-state index contributed by atoms with van der Waals surface area (Å²) in [7, 11) is 0. The zero-order chi connectivity index (χ0) is 29.7. The van der Waals surface area contributed by atoms with Crippen LogP contribution in [0.25, 0.3) is 60.8 Å². The second-order valence-corrected chi connectivity index (χ2v) is 10.7. The minimum atomic E-state index is 0.655. The second-order valence-electron chi connectivity index (χ2n) is 10.7. The Morgan fingerprint density at radius 2 is 0.795 bits per heavy atom. The van der Waals surface area contributed by atoms with E-state index in [-0.39, 0.29) is 0 Å². The molecular formula is C43H27N. The Labute approximate surface area is 258 Å². The lowest BCUT2D eigenvalue weighted by Crippen LogP contribution is -1.91. The lowest BCUT2D eigenvalue weighted by Gasteiger charge is -2.18.